The smallest absolute Gasteiger partial charge is 0.0469 e. The molecule has 0 aromatic rings. The van der Waals surface area contributed by atoms with Crippen LogP contribution < -0.4 is 0 Å². The Hall–Kier alpha value is 0.500. The molecular formula is C10H19Cl2NO. The van der Waals surface area contributed by atoms with Crippen molar-refractivity contribution in [1.82, 2.24) is 4.90 Å². The third kappa shape index (κ3) is 4.83. The Morgan fingerprint density at radius 1 is 1.07 bits per heavy atom. The van der Waals surface area contributed by atoms with Crippen LogP contribution in [0.4, 0.5) is 0 Å². The van der Waals surface area contributed by atoms with Crippen LogP contribution >= 0.6 is 23.2 Å². The van der Waals surface area contributed by atoms with E-state index in [0.717, 1.165) is 38.8 Å². The van der Waals surface area contributed by atoms with E-state index in [0.29, 0.717) is 11.8 Å². The van der Waals surface area contributed by atoms with E-state index in [1.807, 2.05) is 0 Å². The first-order valence-corrected chi connectivity index (χ1v) is 6.35. The third-order valence-corrected chi connectivity index (χ3v) is 3.00. The zero-order chi connectivity index (χ0) is 10.2. The van der Waals surface area contributed by atoms with Crippen LogP contribution in [0.15, 0.2) is 0 Å². The van der Waals surface area contributed by atoms with Crippen molar-refractivity contribution < 1.29 is 4.74 Å². The zero-order valence-corrected chi connectivity index (χ0v) is 10.1. The Balaban J connectivity index is 2.21. The molecule has 1 fully saturated rings. The van der Waals surface area contributed by atoms with Crippen molar-refractivity contribution in [3.63, 3.8) is 0 Å². The lowest BCUT2D eigenvalue weighted by Crippen LogP contribution is -2.35. The summed E-state index contributed by atoms with van der Waals surface area (Å²) >= 11 is 11.5. The molecule has 1 aliphatic heterocycles. The predicted octanol–water partition coefficient (Wildman–Crippen LogP) is 2.19. The predicted molar refractivity (Wildman–Crippen MR) is 61.4 cm³/mol. The molecule has 1 aliphatic rings. The quantitative estimate of drug-likeness (QED) is 0.660. The molecule has 0 unspecified atom stereocenters. The van der Waals surface area contributed by atoms with Gasteiger partial charge in [-0.1, -0.05) is 0 Å². The topological polar surface area (TPSA) is 12.5 Å². The van der Waals surface area contributed by atoms with Gasteiger partial charge in [0.1, 0.15) is 0 Å². The maximum atomic E-state index is 5.74. The van der Waals surface area contributed by atoms with Gasteiger partial charge in [0.15, 0.2) is 0 Å². The lowest BCUT2D eigenvalue weighted by Gasteiger charge is -2.28. The normalized spacial score (nSPS) is 19.1. The van der Waals surface area contributed by atoms with Crippen LogP contribution in [0, 0.1) is 5.92 Å². The maximum Gasteiger partial charge on any atom is 0.0469 e. The minimum Gasteiger partial charge on any atom is -0.381 e. The van der Waals surface area contributed by atoms with Gasteiger partial charge in [-0.15, -0.1) is 23.2 Å². The number of hydrogen-bond donors (Lipinski definition) is 0. The average molecular weight is 240 g/mol. The Morgan fingerprint density at radius 2 is 1.64 bits per heavy atom. The van der Waals surface area contributed by atoms with E-state index < -0.39 is 0 Å². The first kappa shape index (κ1) is 12.6. The van der Waals surface area contributed by atoms with Gasteiger partial charge in [-0.2, -0.15) is 0 Å². The molecule has 4 heteroatoms. The molecule has 0 N–H and O–H groups in total. The van der Waals surface area contributed by atoms with E-state index in [4.69, 9.17) is 27.9 Å². The van der Waals surface area contributed by atoms with Gasteiger partial charge < -0.3 is 9.64 Å². The molecule has 2 nitrogen and oxygen atoms in total. The van der Waals surface area contributed by atoms with Crippen molar-refractivity contribution in [2.24, 2.45) is 5.92 Å². The number of ether oxygens (including phenoxy) is 1. The fourth-order valence-corrected chi connectivity index (χ4v) is 2.31. The van der Waals surface area contributed by atoms with Crippen molar-refractivity contribution in [2.45, 2.75) is 12.8 Å². The van der Waals surface area contributed by atoms with Gasteiger partial charge in [-0.3, -0.25) is 0 Å². The lowest BCUT2D eigenvalue weighted by molar-refractivity contribution is 0.0541. The number of nitrogens with zero attached hydrogens (tertiary/aromatic N) is 1. The fraction of sp³-hybridized carbons (Fsp3) is 1.00. The standard InChI is InChI=1S/C10H19Cl2NO/c11-3-5-13(6-4-12)9-10-1-7-14-8-2-10/h10H,1-9H2. The second-order valence-electron chi connectivity index (χ2n) is 3.73. The van der Waals surface area contributed by atoms with Gasteiger partial charge in [-0.25, -0.2) is 0 Å². The summed E-state index contributed by atoms with van der Waals surface area (Å²) in [7, 11) is 0. The van der Waals surface area contributed by atoms with E-state index in [2.05, 4.69) is 4.90 Å². The lowest BCUT2D eigenvalue weighted by atomic mass is 10.00. The number of halogens is 2. The van der Waals surface area contributed by atoms with Gasteiger partial charge in [0.2, 0.25) is 0 Å². The maximum absolute atomic E-state index is 5.74. The first-order valence-electron chi connectivity index (χ1n) is 5.29. The molecule has 1 saturated heterocycles. The number of alkyl halides is 2. The van der Waals surface area contributed by atoms with Gasteiger partial charge in [0.05, 0.1) is 0 Å². The van der Waals surface area contributed by atoms with Crippen LogP contribution in [0.5, 0.6) is 0 Å². The second kappa shape index (κ2) is 7.75. The van der Waals surface area contributed by atoms with Crippen LogP contribution in [-0.2, 0) is 4.74 Å². The second-order valence-corrected chi connectivity index (χ2v) is 4.49. The fourth-order valence-electron chi connectivity index (χ4n) is 1.83. The summed E-state index contributed by atoms with van der Waals surface area (Å²) in [5, 5.41) is 0. The van der Waals surface area contributed by atoms with Crippen molar-refractivity contribution >= 4 is 23.2 Å². The Morgan fingerprint density at radius 3 is 2.14 bits per heavy atom. The molecule has 1 heterocycles. The minimum absolute atomic E-state index is 0.695. The number of hydrogen-bond acceptors (Lipinski definition) is 2. The zero-order valence-electron chi connectivity index (χ0n) is 8.55. The molecule has 0 bridgehead atoms. The van der Waals surface area contributed by atoms with E-state index in [1.165, 1.54) is 12.8 Å². The summed E-state index contributed by atoms with van der Waals surface area (Å²) in [4.78, 5) is 2.36. The molecule has 0 saturated carbocycles. The monoisotopic (exact) mass is 239 g/mol. The summed E-state index contributed by atoms with van der Waals surface area (Å²) in [6.45, 7) is 4.86. The molecular weight excluding hydrogens is 221 g/mol. The molecule has 0 spiro atoms. The minimum atomic E-state index is 0.695. The van der Waals surface area contributed by atoms with Crippen LogP contribution in [0.2, 0.25) is 0 Å². The summed E-state index contributed by atoms with van der Waals surface area (Å²) in [5.41, 5.74) is 0. The number of rotatable bonds is 6. The van der Waals surface area contributed by atoms with Gasteiger partial charge in [0, 0.05) is 44.6 Å². The molecule has 0 atom stereocenters. The van der Waals surface area contributed by atoms with E-state index >= 15 is 0 Å². The van der Waals surface area contributed by atoms with Crippen LogP contribution in [0.3, 0.4) is 0 Å². The highest BCUT2D eigenvalue weighted by Gasteiger charge is 2.16. The molecule has 0 radical (unpaired) electrons. The Bertz CT molecular complexity index is 134. The molecule has 14 heavy (non-hydrogen) atoms. The average Bonchev–Trinajstić information content (AvgIpc) is 2.20. The van der Waals surface area contributed by atoms with Crippen LogP contribution in [0.25, 0.3) is 0 Å². The summed E-state index contributed by atoms with van der Waals surface area (Å²) in [6.07, 6.45) is 2.36. The highest BCUT2D eigenvalue weighted by molar-refractivity contribution is 6.18. The molecule has 0 aliphatic carbocycles. The first-order chi connectivity index (χ1) is 6.86. The third-order valence-electron chi connectivity index (χ3n) is 2.66. The SMILES string of the molecule is ClCCN(CCCl)CC1CCOCC1. The Labute approximate surface area is 96.5 Å². The molecule has 0 amide bonds. The molecule has 1 rings (SSSR count). The highest BCUT2D eigenvalue weighted by Crippen LogP contribution is 2.16. The van der Waals surface area contributed by atoms with Gasteiger partial charge >= 0.3 is 0 Å². The van der Waals surface area contributed by atoms with Crippen LogP contribution in [-0.4, -0.2) is 49.5 Å². The van der Waals surface area contributed by atoms with Crippen molar-refractivity contribution in [3.8, 4) is 0 Å². The summed E-state index contributed by atoms with van der Waals surface area (Å²) in [5.74, 6) is 2.16. The van der Waals surface area contributed by atoms with E-state index in [9.17, 15) is 0 Å². The van der Waals surface area contributed by atoms with Crippen LogP contribution in [0.1, 0.15) is 12.8 Å². The summed E-state index contributed by atoms with van der Waals surface area (Å²) in [6, 6.07) is 0. The molecule has 0 aromatic heterocycles. The van der Waals surface area contributed by atoms with Gasteiger partial charge in [-0.05, 0) is 18.8 Å². The van der Waals surface area contributed by atoms with Crippen molar-refractivity contribution in [2.75, 3.05) is 44.6 Å². The summed E-state index contributed by atoms with van der Waals surface area (Å²) < 4.78 is 5.33. The van der Waals surface area contributed by atoms with E-state index in [1.54, 1.807) is 0 Å². The van der Waals surface area contributed by atoms with Crippen molar-refractivity contribution in [1.29, 1.82) is 0 Å². The molecule has 0 aromatic carbocycles. The largest absolute Gasteiger partial charge is 0.381 e. The van der Waals surface area contributed by atoms with Gasteiger partial charge in [0.25, 0.3) is 0 Å². The molecule has 84 valence electrons. The Kier molecular flexibility index (Phi) is 6.96. The van der Waals surface area contributed by atoms with Crippen molar-refractivity contribution in [3.05, 3.63) is 0 Å². The van der Waals surface area contributed by atoms with E-state index in [-0.39, 0.29) is 0 Å². The highest BCUT2D eigenvalue weighted by atomic mass is 35.5.